The molecule has 2 N–H and O–H groups in total. The van der Waals surface area contributed by atoms with Gasteiger partial charge in [-0.25, -0.2) is 4.79 Å². The maximum absolute atomic E-state index is 12.1. The molecule has 0 aliphatic rings. The van der Waals surface area contributed by atoms with E-state index in [9.17, 15) is 9.59 Å². The number of aromatic carboxylic acids is 1. The number of amides is 1. The van der Waals surface area contributed by atoms with E-state index in [0.717, 1.165) is 8.45 Å². The van der Waals surface area contributed by atoms with Gasteiger partial charge in [0.2, 0.25) is 0 Å². The van der Waals surface area contributed by atoms with Crippen LogP contribution in [0.5, 0.6) is 0 Å². The van der Waals surface area contributed by atoms with Gasteiger partial charge in [0.25, 0.3) is 5.91 Å². The van der Waals surface area contributed by atoms with E-state index in [-0.39, 0.29) is 11.5 Å². The Bertz CT molecular complexity index is 699. The minimum atomic E-state index is -1.06. The van der Waals surface area contributed by atoms with E-state index in [1.54, 1.807) is 25.1 Å². The number of carbonyl (C=O) groups excluding carboxylic acids is 1. The van der Waals surface area contributed by atoms with Gasteiger partial charge in [-0.2, -0.15) is 0 Å². The minimum Gasteiger partial charge on any atom is -0.478 e. The lowest BCUT2D eigenvalue weighted by molar-refractivity contribution is 0.0698. The van der Waals surface area contributed by atoms with Crippen LogP contribution in [-0.4, -0.2) is 17.0 Å². The van der Waals surface area contributed by atoms with Crippen molar-refractivity contribution in [1.29, 1.82) is 0 Å². The summed E-state index contributed by atoms with van der Waals surface area (Å²) in [6, 6.07) is 6.46. The predicted molar refractivity (Wildman–Crippen MR) is 88.1 cm³/mol. The van der Waals surface area contributed by atoms with E-state index >= 15 is 0 Å². The van der Waals surface area contributed by atoms with Crippen LogP contribution < -0.4 is 5.32 Å². The van der Waals surface area contributed by atoms with Crippen LogP contribution in [0.15, 0.2) is 24.3 Å². The third-order valence-corrected chi connectivity index (χ3v) is 5.03. The third kappa shape index (κ3) is 3.31. The molecule has 0 aliphatic heterocycles. The Balaban J connectivity index is 2.27. The number of hydrogen-bond donors (Lipinski definition) is 2. The van der Waals surface area contributed by atoms with Gasteiger partial charge in [0, 0.05) is 14.0 Å². The zero-order valence-electron chi connectivity index (χ0n) is 10.2. The van der Waals surface area contributed by atoms with Crippen LogP contribution in [0.3, 0.4) is 0 Å². The summed E-state index contributed by atoms with van der Waals surface area (Å²) in [5.41, 5.74) is 0.482. The molecule has 20 heavy (non-hydrogen) atoms. The number of halogens is 2. The molecule has 1 aromatic carbocycles. The lowest BCUT2D eigenvalue weighted by Gasteiger charge is -2.05. The molecule has 0 spiro atoms. The van der Waals surface area contributed by atoms with Gasteiger partial charge in [0.05, 0.1) is 10.6 Å². The highest BCUT2D eigenvalue weighted by Gasteiger charge is 2.17. The number of aryl methyl sites for hydroxylation is 1. The molecule has 0 unspecified atom stereocenters. The van der Waals surface area contributed by atoms with Crippen LogP contribution in [0.25, 0.3) is 0 Å². The molecular formula is C13H9ClINO3S. The standard InChI is InChI=1S/C13H9ClINO3S/c1-6-4-8(13(18)19)12(20-6)16-11(17)7-2-3-10(15)9(14)5-7/h2-5H,1H3,(H,16,17)(H,18,19). The number of carboxylic acids is 1. The summed E-state index contributed by atoms with van der Waals surface area (Å²) in [6.07, 6.45) is 0. The van der Waals surface area contributed by atoms with Crippen molar-refractivity contribution >= 4 is 62.4 Å². The average Bonchev–Trinajstić information content (AvgIpc) is 2.73. The van der Waals surface area contributed by atoms with Crippen LogP contribution in [0.4, 0.5) is 5.00 Å². The molecule has 2 aromatic rings. The first-order valence-corrected chi connectivity index (χ1v) is 7.76. The highest BCUT2D eigenvalue weighted by atomic mass is 127. The molecular weight excluding hydrogens is 413 g/mol. The van der Waals surface area contributed by atoms with Crippen LogP contribution in [0.2, 0.25) is 5.02 Å². The molecule has 0 atom stereocenters. The van der Waals surface area contributed by atoms with Gasteiger partial charge >= 0.3 is 5.97 Å². The number of carbonyl (C=O) groups is 2. The molecule has 1 aromatic heterocycles. The van der Waals surface area contributed by atoms with Gasteiger partial charge in [-0.1, -0.05) is 11.6 Å². The van der Waals surface area contributed by atoms with Gasteiger partial charge in [-0.3, -0.25) is 4.79 Å². The number of hydrogen-bond acceptors (Lipinski definition) is 3. The molecule has 0 bridgehead atoms. The van der Waals surface area contributed by atoms with Crippen LogP contribution >= 0.6 is 45.5 Å². The summed E-state index contributed by atoms with van der Waals surface area (Å²) in [5.74, 6) is -1.45. The van der Waals surface area contributed by atoms with Crippen LogP contribution in [-0.2, 0) is 0 Å². The fourth-order valence-corrected chi connectivity index (χ4v) is 2.99. The summed E-state index contributed by atoms with van der Waals surface area (Å²) in [6.45, 7) is 1.79. The highest BCUT2D eigenvalue weighted by Crippen LogP contribution is 2.28. The SMILES string of the molecule is Cc1cc(C(=O)O)c(NC(=O)c2ccc(I)c(Cl)c2)s1. The third-order valence-electron chi connectivity index (χ3n) is 2.49. The second kappa shape index (κ2) is 6.11. The van der Waals surface area contributed by atoms with Gasteiger partial charge in [-0.05, 0) is 53.8 Å². The Morgan fingerprint density at radius 2 is 2.05 bits per heavy atom. The second-order valence-electron chi connectivity index (χ2n) is 3.99. The first-order chi connectivity index (χ1) is 9.38. The average molecular weight is 422 g/mol. The molecule has 4 nitrogen and oxygen atoms in total. The second-order valence-corrected chi connectivity index (χ2v) is 6.81. The number of nitrogens with one attached hydrogen (secondary N) is 1. The summed E-state index contributed by atoms with van der Waals surface area (Å²) in [7, 11) is 0. The maximum atomic E-state index is 12.1. The molecule has 1 amide bonds. The van der Waals surface area contributed by atoms with Crippen molar-refractivity contribution in [2.24, 2.45) is 0 Å². The number of anilines is 1. The number of rotatable bonds is 3. The van der Waals surface area contributed by atoms with Gasteiger partial charge < -0.3 is 10.4 Å². The molecule has 0 aliphatic carbocycles. The Labute approximate surface area is 137 Å². The largest absolute Gasteiger partial charge is 0.478 e. The van der Waals surface area contributed by atoms with E-state index in [1.807, 2.05) is 0 Å². The van der Waals surface area contributed by atoms with Crippen LogP contribution in [0, 0.1) is 10.5 Å². The van der Waals surface area contributed by atoms with Crippen molar-refractivity contribution in [3.63, 3.8) is 0 Å². The Morgan fingerprint density at radius 3 is 2.65 bits per heavy atom. The van der Waals surface area contributed by atoms with E-state index < -0.39 is 5.97 Å². The normalized spacial score (nSPS) is 10.3. The fraction of sp³-hybridized carbons (Fsp3) is 0.0769. The van der Waals surface area contributed by atoms with Gasteiger partial charge in [-0.15, -0.1) is 11.3 Å². The molecule has 104 valence electrons. The maximum Gasteiger partial charge on any atom is 0.338 e. The van der Waals surface area contributed by atoms with Crippen molar-refractivity contribution in [1.82, 2.24) is 0 Å². The lowest BCUT2D eigenvalue weighted by atomic mass is 10.2. The highest BCUT2D eigenvalue weighted by molar-refractivity contribution is 14.1. The topological polar surface area (TPSA) is 66.4 Å². The van der Waals surface area contributed by atoms with Crippen molar-refractivity contribution < 1.29 is 14.7 Å². The summed E-state index contributed by atoms with van der Waals surface area (Å²) in [5, 5.41) is 12.5. The number of benzene rings is 1. The molecule has 1 heterocycles. The number of thiophene rings is 1. The number of carboxylic acid groups (broad SMARTS) is 1. The zero-order chi connectivity index (χ0) is 14.9. The first kappa shape index (κ1) is 15.3. The summed E-state index contributed by atoms with van der Waals surface area (Å²) >= 11 is 9.26. The van der Waals surface area contributed by atoms with Crippen molar-refractivity contribution in [2.45, 2.75) is 6.92 Å². The Kier molecular flexibility index (Phi) is 4.66. The van der Waals surface area contributed by atoms with Gasteiger partial charge in [0.15, 0.2) is 0 Å². The van der Waals surface area contributed by atoms with Crippen LogP contribution in [0.1, 0.15) is 25.6 Å². The smallest absolute Gasteiger partial charge is 0.338 e. The molecule has 0 radical (unpaired) electrons. The summed E-state index contributed by atoms with van der Waals surface area (Å²) in [4.78, 5) is 24.0. The molecule has 7 heteroatoms. The van der Waals surface area contributed by atoms with E-state index in [1.165, 1.54) is 17.4 Å². The minimum absolute atomic E-state index is 0.0949. The molecule has 0 saturated heterocycles. The zero-order valence-corrected chi connectivity index (χ0v) is 14.0. The molecule has 0 saturated carbocycles. The summed E-state index contributed by atoms with van der Waals surface area (Å²) < 4.78 is 0.846. The monoisotopic (exact) mass is 421 g/mol. The quantitative estimate of drug-likeness (QED) is 0.728. The molecule has 0 fully saturated rings. The van der Waals surface area contributed by atoms with E-state index in [4.69, 9.17) is 16.7 Å². The Morgan fingerprint density at radius 1 is 1.35 bits per heavy atom. The predicted octanol–water partition coefficient (Wildman–Crippen LogP) is 4.27. The van der Waals surface area contributed by atoms with E-state index in [0.29, 0.717) is 15.6 Å². The van der Waals surface area contributed by atoms with Crippen molar-refractivity contribution in [3.05, 3.63) is 48.9 Å². The Hall–Kier alpha value is -1.12. The fourth-order valence-electron chi connectivity index (χ4n) is 1.58. The van der Waals surface area contributed by atoms with Crippen molar-refractivity contribution in [3.8, 4) is 0 Å². The first-order valence-electron chi connectivity index (χ1n) is 5.48. The van der Waals surface area contributed by atoms with Crippen molar-refractivity contribution in [2.75, 3.05) is 5.32 Å². The van der Waals surface area contributed by atoms with Gasteiger partial charge in [0.1, 0.15) is 5.00 Å². The molecule has 2 rings (SSSR count). The lowest BCUT2D eigenvalue weighted by Crippen LogP contribution is -2.13. The van der Waals surface area contributed by atoms with E-state index in [2.05, 4.69) is 27.9 Å².